The summed E-state index contributed by atoms with van der Waals surface area (Å²) < 4.78 is 5.52. The van der Waals surface area contributed by atoms with E-state index in [4.69, 9.17) is 4.74 Å². The van der Waals surface area contributed by atoms with E-state index in [1.54, 1.807) is 6.92 Å². The number of hydrogen-bond acceptors (Lipinski definition) is 4. The number of aliphatic hydroxyl groups excluding tert-OH is 1. The standard InChI is InChI=1S/C16H19NO3S/c1-12(20-10-13-5-3-2-4-6-13)16(19)17-9-15(18)14-7-8-21-11-14/h2-8,11-12,15,18H,9-10H2,1H3,(H,17,19). The fourth-order valence-corrected chi connectivity index (χ4v) is 2.50. The van der Waals surface area contributed by atoms with Crippen LogP contribution in [-0.2, 0) is 16.1 Å². The summed E-state index contributed by atoms with van der Waals surface area (Å²) in [4.78, 5) is 11.9. The van der Waals surface area contributed by atoms with E-state index in [1.807, 2.05) is 47.2 Å². The van der Waals surface area contributed by atoms with Gasteiger partial charge in [0.2, 0.25) is 5.91 Å². The zero-order chi connectivity index (χ0) is 15.1. The van der Waals surface area contributed by atoms with E-state index < -0.39 is 12.2 Å². The number of thiophene rings is 1. The first-order chi connectivity index (χ1) is 10.2. The molecule has 2 N–H and O–H groups in total. The molecule has 1 aromatic heterocycles. The van der Waals surface area contributed by atoms with Crippen LogP contribution in [0.4, 0.5) is 0 Å². The Bertz CT molecular complexity index is 542. The number of carbonyl (C=O) groups is 1. The molecular formula is C16H19NO3S. The van der Waals surface area contributed by atoms with Gasteiger partial charge in [0.05, 0.1) is 12.7 Å². The molecule has 1 aromatic carbocycles. The van der Waals surface area contributed by atoms with Crippen molar-refractivity contribution in [2.24, 2.45) is 0 Å². The molecule has 0 aliphatic rings. The highest BCUT2D eigenvalue weighted by Gasteiger charge is 2.15. The molecule has 0 fully saturated rings. The van der Waals surface area contributed by atoms with Gasteiger partial charge in [-0.2, -0.15) is 11.3 Å². The van der Waals surface area contributed by atoms with Crippen molar-refractivity contribution in [1.29, 1.82) is 0 Å². The van der Waals surface area contributed by atoms with E-state index in [2.05, 4.69) is 5.32 Å². The first kappa shape index (κ1) is 15.7. The molecule has 0 bridgehead atoms. The topological polar surface area (TPSA) is 58.6 Å². The largest absolute Gasteiger partial charge is 0.387 e. The SMILES string of the molecule is CC(OCc1ccccc1)C(=O)NCC(O)c1ccsc1. The van der Waals surface area contributed by atoms with Crippen molar-refractivity contribution in [3.05, 3.63) is 58.3 Å². The lowest BCUT2D eigenvalue weighted by Gasteiger charge is -2.15. The molecule has 21 heavy (non-hydrogen) atoms. The highest BCUT2D eigenvalue weighted by atomic mass is 32.1. The zero-order valence-corrected chi connectivity index (χ0v) is 12.7. The van der Waals surface area contributed by atoms with Gasteiger partial charge in [-0.1, -0.05) is 30.3 Å². The third-order valence-electron chi connectivity index (χ3n) is 3.11. The Kier molecular flexibility index (Phi) is 5.92. The van der Waals surface area contributed by atoms with Gasteiger partial charge < -0.3 is 15.2 Å². The van der Waals surface area contributed by atoms with Gasteiger partial charge in [-0.05, 0) is 34.9 Å². The molecule has 4 nitrogen and oxygen atoms in total. The maximum absolute atomic E-state index is 11.9. The maximum Gasteiger partial charge on any atom is 0.248 e. The number of amides is 1. The van der Waals surface area contributed by atoms with E-state index >= 15 is 0 Å². The van der Waals surface area contributed by atoms with Gasteiger partial charge in [0.25, 0.3) is 0 Å². The number of ether oxygens (including phenoxy) is 1. The van der Waals surface area contributed by atoms with E-state index in [1.165, 1.54) is 11.3 Å². The summed E-state index contributed by atoms with van der Waals surface area (Å²) in [6.07, 6.45) is -1.23. The van der Waals surface area contributed by atoms with Gasteiger partial charge in [0.15, 0.2) is 0 Å². The molecule has 0 aliphatic carbocycles. The summed E-state index contributed by atoms with van der Waals surface area (Å²) in [5, 5.41) is 16.4. The third kappa shape index (κ3) is 4.97. The van der Waals surface area contributed by atoms with Crippen LogP contribution in [0.3, 0.4) is 0 Å². The van der Waals surface area contributed by atoms with E-state index in [9.17, 15) is 9.90 Å². The molecule has 0 radical (unpaired) electrons. The van der Waals surface area contributed by atoms with Crippen molar-refractivity contribution in [1.82, 2.24) is 5.32 Å². The second-order valence-electron chi connectivity index (χ2n) is 4.76. The Morgan fingerprint density at radius 3 is 2.76 bits per heavy atom. The molecule has 2 rings (SSSR count). The second kappa shape index (κ2) is 7.93. The van der Waals surface area contributed by atoms with Crippen LogP contribution in [-0.4, -0.2) is 23.7 Å². The minimum absolute atomic E-state index is 0.189. The highest BCUT2D eigenvalue weighted by Crippen LogP contribution is 2.15. The monoisotopic (exact) mass is 305 g/mol. The summed E-state index contributed by atoms with van der Waals surface area (Å²) in [5.74, 6) is -0.222. The number of rotatable bonds is 7. The minimum Gasteiger partial charge on any atom is -0.387 e. The molecule has 5 heteroatoms. The van der Waals surface area contributed by atoms with Gasteiger partial charge in [-0.25, -0.2) is 0 Å². The van der Waals surface area contributed by atoms with Crippen molar-refractivity contribution >= 4 is 17.2 Å². The second-order valence-corrected chi connectivity index (χ2v) is 5.54. The Hall–Kier alpha value is -1.69. The van der Waals surface area contributed by atoms with Crippen LogP contribution in [0.15, 0.2) is 47.2 Å². The molecule has 1 heterocycles. The van der Waals surface area contributed by atoms with E-state index in [0.29, 0.717) is 6.61 Å². The van der Waals surface area contributed by atoms with Gasteiger partial charge >= 0.3 is 0 Å². The Morgan fingerprint density at radius 2 is 2.10 bits per heavy atom. The van der Waals surface area contributed by atoms with Crippen LogP contribution in [0.25, 0.3) is 0 Å². The molecular weight excluding hydrogens is 286 g/mol. The van der Waals surface area contributed by atoms with Gasteiger partial charge in [0.1, 0.15) is 6.10 Å². The van der Waals surface area contributed by atoms with Crippen LogP contribution in [0.5, 0.6) is 0 Å². The highest BCUT2D eigenvalue weighted by molar-refractivity contribution is 7.07. The number of nitrogens with one attached hydrogen (secondary N) is 1. The lowest BCUT2D eigenvalue weighted by Crippen LogP contribution is -2.36. The van der Waals surface area contributed by atoms with Crippen molar-refractivity contribution < 1.29 is 14.6 Å². The third-order valence-corrected chi connectivity index (χ3v) is 3.81. The molecule has 0 aliphatic heterocycles. The summed E-state index contributed by atoms with van der Waals surface area (Å²) in [6, 6.07) is 11.5. The normalized spacial score (nSPS) is 13.6. The predicted molar refractivity (Wildman–Crippen MR) is 83.0 cm³/mol. The summed E-state index contributed by atoms with van der Waals surface area (Å²) in [6.45, 7) is 2.28. The Labute approximate surface area is 128 Å². The van der Waals surface area contributed by atoms with Gasteiger partial charge in [0, 0.05) is 6.54 Å². The van der Waals surface area contributed by atoms with Gasteiger partial charge in [-0.3, -0.25) is 4.79 Å². The molecule has 2 unspecified atom stereocenters. The van der Waals surface area contributed by atoms with Crippen molar-refractivity contribution in [2.45, 2.75) is 25.7 Å². The van der Waals surface area contributed by atoms with Crippen LogP contribution < -0.4 is 5.32 Å². The average molecular weight is 305 g/mol. The fourth-order valence-electron chi connectivity index (χ4n) is 1.79. The van der Waals surface area contributed by atoms with Crippen molar-refractivity contribution in [3.8, 4) is 0 Å². The zero-order valence-electron chi connectivity index (χ0n) is 11.9. The minimum atomic E-state index is -0.679. The molecule has 2 aromatic rings. The van der Waals surface area contributed by atoms with Crippen LogP contribution >= 0.6 is 11.3 Å². The number of carbonyl (C=O) groups excluding carboxylic acids is 1. The summed E-state index contributed by atoms with van der Waals surface area (Å²) >= 11 is 1.52. The fraction of sp³-hybridized carbons (Fsp3) is 0.312. The van der Waals surface area contributed by atoms with Crippen molar-refractivity contribution in [2.75, 3.05) is 6.54 Å². The lowest BCUT2D eigenvalue weighted by molar-refractivity contribution is -0.132. The number of aliphatic hydroxyl groups is 1. The van der Waals surface area contributed by atoms with Crippen molar-refractivity contribution in [3.63, 3.8) is 0 Å². The average Bonchev–Trinajstić information content (AvgIpc) is 3.05. The Balaban J connectivity index is 1.72. The van der Waals surface area contributed by atoms with Gasteiger partial charge in [-0.15, -0.1) is 0 Å². The van der Waals surface area contributed by atoms with Crippen LogP contribution in [0.2, 0.25) is 0 Å². The van der Waals surface area contributed by atoms with E-state index in [-0.39, 0.29) is 12.5 Å². The molecule has 0 saturated heterocycles. The molecule has 1 amide bonds. The predicted octanol–water partition coefficient (Wildman–Crippen LogP) is 2.50. The Morgan fingerprint density at radius 1 is 1.33 bits per heavy atom. The molecule has 2 atom stereocenters. The summed E-state index contributed by atoms with van der Waals surface area (Å²) in [7, 11) is 0. The smallest absolute Gasteiger partial charge is 0.248 e. The van der Waals surface area contributed by atoms with E-state index in [0.717, 1.165) is 11.1 Å². The lowest BCUT2D eigenvalue weighted by atomic mass is 10.2. The molecule has 0 spiro atoms. The molecule has 0 saturated carbocycles. The maximum atomic E-state index is 11.9. The first-order valence-corrected chi connectivity index (χ1v) is 7.74. The van der Waals surface area contributed by atoms with Crippen LogP contribution in [0, 0.1) is 0 Å². The first-order valence-electron chi connectivity index (χ1n) is 6.80. The summed E-state index contributed by atoms with van der Waals surface area (Å²) in [5.41, 5.74) is 1.84. The molecule has 112 valence electrons. The number of hydrogen-bond donors (Lipinski definition) is 2. The van der Waals surface area contributed by atoms with Crippen LogP contribution in [0.1, 0.15) is 24.2 Å². The quantitative estimate of drug-likeness (QED) is 0.826. The number of benzene rings is 1.